The Hall–Kier alpha value is -1.30. The maximum atomic E-state index is 14.4. The Kier molecular flexibility index (Phi) is 7.13. The second kappa shape index (κ2) is 9.23. The maximum Gasteiger partial charge on any atom is 0.247 e. The molecule has 1 aliphatic rings. The smallest absolute Gasteiger partial charge is 0.247 e. The fraction of sp³-hybridized carbons (Fsp3) is 0.579. The topological polar surface area (TPSA) is 98.6 Å². The van der Waals surface area contributed by atoms with Crippen LogP contribution >= 0.6 is 11.3 Å². The molecule has 2 aromatic rings. The van der Waals surface area contributed by atoms with E-state index in [4.69, 9.17) is 15.6 Å². The summed E-state index contributed by atoms with van der Waals surface area (Å²) in [7, 11) is -3.85. The molecule has 1 fully saturated rings. The molecule has 0 bridgehead atoms. The van der Waals surface area contributed by atoms with E-state index in [1.54, 1.807) is 6.07 Å². The van der Waals surface area contributed by atoms with Crippen LogP contribution in [0.4, 0.5) is 4.39 Å². The van der Waals surface area contributed by atoms with Gasteiger partial charge in [-0.25, -0.2) is 17.9 Å². The van der Waals surface area contributed by atoms with Crippen LogP contribution in [-0.4, -0.2) is 76.8 Å². The number of piperazine rings is 1. The van der Waals surface area contributed by atoms with Gasteiger partial charge in [0.05, 0.1) is 19.6 Å². The van der Waals surface area contributed by atoms with Crippen LogP contribution in [0.15, 0.2) is 22.4 Å². The minimum atomic E-state index is -3.85. The Bertz CT molecular complexity index is 940. The van der Waals surface area contributed by atoms with Crippen LogP contribution in [0.5, 0.6) is 5.75 Å². The van der Waals surface area contributed by atoms with Crippen LogP contribution in [0.3, 0.4) is 0 Å². The number of hydrogen-bond acceptors (Lipinski definition) is 6. The SMILES string of the molecule is CC[N+]1(CCOc2cc(F)c3cc(S(N)(=O)=O)sc3c2)CCN(CCCN)CC1. The quantitative estimate of drug-likeness (QED) is 0.571. The molecule has 3 rings (SSSR count). The lowest BCUT2D eigenvalue weighted by Crippen LogP contribution is -2.60. The zero-order valence-electron chi connectivity index (χ0n) is 16.8. The number of quaternary nitrogens is 1. The molecule has 4 N–H and O–H groups in total. The van der Waals surface area contributed by atoms with Crippen molar-refractivity contribution in [2.24, 2.45) is 10.9 Å². The third kappa shape index (κ3) is 5.44. The summed E-state index contributed by atoms with van der Waals surface area (Å²) in [6, 6.07) is 4.26. The van der Waals surface area contributed by atoms with Crippen LogP contribution in [0, 0.1) is 5.82 Å². The normalized spacial score (nSPS) is 17.7. The van der Waals surface area contributed by atoms with Crippen molar-refractivity contribution in [1.29, 1.82) is 0 Å². The van der Waals surface area contributed by atoms with Crippen molar-refractivity contribution in [3.63, 3.8) is 0 Å². The van der Waals surface area contributed by atoms with E-state index in [9.17, 15) is 12.8 Å². The predicted octanol–water partition coefficient (Wildman–Crippen LogP) is 1.57. The molecule has 1 aromatic carbocycles. The van der Waals surface area contributed by atoms with E-state index in [1.807, 2.05) is 0 Å². The zero-order valence-corrected chi connectivity index (χ0v) is 18.4. The summed E-state index contributed by atoms with van der Waals surface area (Å²) in [5, 5.41) is 5.40. The van der Waals surface area contributed by atoms with Gasteiger partial charge in [-0.15, -0.1) is 11.3 Å². The molecule has 1 saturated heterocycles. The van der Waals surface area contributed by atoms with Gasteiger partial charge in [0.25, 0.3) is 0 Å². The van der Waals surface area contributed by atoms with E-state index in [1.165, 1.54) is 12.1 Å². The summed E-state index contributed by atoms with van der Waals surface area (Å²) in [6.45, 7) is 10.6. The first-order valence-electron chi connectivity index (χ1n) is 9.92. The van der Waals surface area contributed by atoms with E-state index < -0.39 is 15.8 Å². The van der Waals surface area contributed by atoms with Crippen molar-refractivity contribution in [2.45, 2.75) is 17.6 Å². The number of primary sulfonamides is 1. The molecular formula is C19H30FN4O3S2+. The number of nitrogens with two attached hydrogens (primary N) is 2. The lowest BCUT2D eigenvalue weighted by atomic mass is 10.2. The van der Waals surface area contributed by atoms with E-state index in [2.05, 4.69) is 11.8 Å². The number of nitrogens with zero attached hydrogens (tertiary/aromatic N) is 2. The highest BCUT2D eigenvalue weighted by Gasteiger charge is 2.31. The first kappa shape index (κ1) is 22.4. The Balaban J connectivity index is 1.61. The van der Waals surface area contributed by atoms with Crippen molar-refractivity contribution < 1.29 is 22.0 Å². The first-order valence-corrected chi connectivity index (χ1v) is 12.3. The summed E-state index contributed by atoms with van der Waals surface area (Å²) in [6.07, 6.45) is 1.03. The molecule has 0 spiro atoms. The number of hydrogen-bond donors (Lipinski definition) is 2. The van der Waals surface area contributed by atoms with Crippen molar-refractivity contribution >= 4 is 31.4 Å². The summed E-state index contributed by atoms with van der Waals surface area (Å²) in [5.41, 5.74) is 5.60. The number of sulfonamides is 1. The number of ether oxygens (including phenoxy) is 1. The molecule has 7 nitrogen and oxygen atoms in total. The Morgan fingerprint density at radius 2 is 2.00 bits per heavy atom. The summed E-state index contributed by atoms with van der Waals surface area (Å²) < 4.78 is 44.7. The Labute approximate surface area is 175 Å². The predicted molar refractivity (Wildman–Crippen MR) is 114 cm³/mol. The van der Waals surface area contributed by atoms with Gasteiger partial charge in [-0.1, -0.05) is 0 Å². The number of likely N-dealkylation sites (N-methyl/N-ethyl adjacent to an activating group) is 1. The molecule has 29 heavy (non-hydrogen) atoms. The monoisotopic (exact) mass is 445 g/mol. The summed E-state index contributed by atoms with van der Waals surface area (Å²) >= 11 is 0.953. The third-order valence-electron chi connectivity index (χ3n) is 5.78. The van der Waals surface area contributed by atoms with Crippen molar-refractivity contribution in [3.8, 4) is 5.75 Å². The minimum Gasteiger partial charge on any atom is -0.488 e. The first-order chi connectivity index (χ1) is 13.8. The average molecular weight is 446 g/mol. The van der Waals surface area contributed by atoms with Crippen LogP contribution < -0.4 is 15.6 Å². The van der Waals surface area contributed by atoms with Gasteiger partial charge >= 0.3 is 0 Å². The average Bonchev–Trinajstić information content (AvgIpc) is 3.13. The molecule has 1 aliphatic heterocycles. The van der Waals surface area contributed by atoms with E-state index >= 15 is 0 Å². The van der Waals surface area contributed by atoms with Gasteiger partial charge in [0.1, 0.15) is 28.9 Å². The highest BCUT2D eigenvalue weighted by molar-refractivity contribution is 7.91. The lowest BCUT2D eigenvalue weighted by molar-refractivity contribution is -0.930. The van der Waals surface area contributed by atoms with Gasteiger partial charge in [-0.05, 0) is 38.6 Å². The highest BCUT2D eigenvalue weighted by atomic mass is 32.2. The van der Waals surface area contributed by atoms with Gasteiger partial charge < -0.3 is 15.0 Å². The molecular weight excluding hydrogens is 415 g/mol. The number of rotatable bonds is 9. The molecule has 162 valence electrons. The van der Waals surface area contributed by atoms with Gasteiger partial charge in [0.2, 0.25) is 10.0 Å². The second-order valence-corrected chi connectivity index (χ2v) is 10.5. The van der Waals surface area contributed by atoms with Crippen LogP contribution in [0.1, 0.15) is 13.3 Å². The third-order valence-corrected chi connectivity index (χ3v) is 8.29. The van der Waals surface area contributed by atoms with E-state index in [-0.39, 0.29) is 9.60 Å². The van der Waals surface area contributed by atoms with Gasteiger partial charge in [0.15, 0.2) is 0 Å². The van der Waals surface area contributed by atoms with E-state index in [0.717, 1.165) is 74.6 Å². The molecule has 0 radical (unpaired) electrons. The summed E-state index contributed by atoms with van der Waals surface area (Å²) in [4.78, 5) is 2.46. The number of halogens is 1. The minimum absolute atomic E-state index is 0.0495. The Morgan fingerprint density at radius 1 is 1.28 bits per heavy atom. The molecule has 2 heterocycles. The molecule has 10 heteroatoms. The molecule has 0 unspecified atom stereocenters. The fourth-order valence-electron chi connectivity index (χ4n) is 3.80. The Morgan fingerprint density at radius 3 is 2.62 bits per heavy atom. The number of fused-ring (bicyclic) bond motifs is 1. The lowest BCUT2D eigenvalue weighted by Gasteiger charge is -2.44. The molecule has 1 aromatic heterocycles. The fourth-order valence-corrected chi connectivity index (χ4v) is 5.65. The van der Waals surface area contributed by atoms with Gasteiger partial charge in [0, 0.05) is 29.2 Å². The zero-order chi connectivity index (χ0) is 21.1. The van der Waals surface area contributed by atoms with Gasteiger partial charge in [-0.3, -0.25) is 4.90 Å². The largest absolute Gasteiger partial charge is 0.488 e. The number of thiophene rings is 1. The standard InChI is InChI=1S/C19H30FN4O3S2/c1-2-24(8-6-23(7-9-24)5-3-4-21)10-11-27-15-12-17(20)16-14-19(29(22,25)26)28-18(16)13-15/h12-14H,2-11,21H2,1H3,(H2,22,25,26)/q+1. The van der Waals surface area contributed by atoms with Gasteiger partial charge in [-0.2, -0.15) is 0 Å². The molecule has 0 aliphatic carbocycles. The molecule has 0 amide bonds. The molecule has 0 atom stereocenters. The number of benzene rings is 1. The maximum absolute atomic E-state index is 14.4. The molecule has 0 saturated carbocycles. The van der Waals surface area contributed by atoms with E-state index in [0.29, 0.717) is 17.1 Å². The van der Waals surface area contributed by atoms with Crippen LogP contribution in [-0.2, 0) is 10.0 Å². The van der Waals surface area contributed by atoms with Crippen molar-refractivity contribution in [3.05, 3.63) is 24.0 Å². The van der Waals surface area contributed by atoms with Crippen molar-refractivity contribution in [1.82, 2.24) is 4.90 Å². The van der Waals surface area contributed by atoms with Crippen LogP contribution in [0.25, 0.3) is 10.1 Å². The summed E-state index contributed by atoms with van der Waals surface area (Å²) in [5.74, 6) is -0.0924. The van der Waals surface area contributed by atoms with Crippen molar-refractivity contribution in [2.75, 3.05) is 59.0 Å². The van der Waals surface area contributed by atoms with Crippen LogP contribution in [0.2, 0.25) is 0 Å². The second-order valence-electron chi connectivity index (χ2n) is 7.59. The highest BCUT2D eigenvalue weighted by Crippen LogP contribution is 2.33.